The number of unbranched alkanes of at least 4 members (excludes halogenated alkanes) is 1. The average molecular weight is 337 g/mol. The Labute approximate surface area is 145 Å². The minimum absolute atomic E-state index is 0.477. The van der Waals surface area contributed by atoms with E-state index in [1.165, 1.54) is 0 Å². The summed E-state index contributed by atoms with van der Waals surface area (Å²) >= 11 is 0. The molecule has 0 amide bonds. The lowest BCUT2D eigenvalue weighted by atomic mass is 10.1. The van der Waals surface area contributed by atoms with Gasteiger partial charge in [0.25, 0.3) is 0 Å². The number of hydrogen-bond donors (Lipinski definition) is 1. The lowest BCUT2D eigenvalue weighted by molar-refractivity contribution is 0.0553. The summed E-state index contributed by atoms with van der Waals surface area (Å²) in [5.41, 5.74) is 0.382. The largest absolute Gasteiger partial charge is 0.493 e. The van der Waals surface area contributed by atoms with Gasteiger partial charge in [0.1, 0.15) is 11.5 Å². The third-order valence-electron chi connectivity index (χ3n) is 3.99. The van der Waals surface area contributed by atoms with Crippen molar-refractivity contribution in [2.75, 3.05) is 44.4 Å². The van der Waals surface area contributed by atoms with Crippen molar-refractivity contribution in [1.82, 2.24) is 0 Å². The topological polar surface area (TPSA) is 51.2 Å². The van der Waals surface area contributed by atoms with Gasteiger partial charge in [-0.1, -0.05) is 13.3 Å². The van der Waals surface area contributed by atoms with Crippen molar-refractivity contribution in [3.8, 4) is 11.5 Å². The van der Waals surface area contributed by atoms with Gasteiger partial charge in [0.15, 0.2) is 0 Å². The fraction of sp³-hybridized carbons (Fsp3) is 0.684. The molecule has 0 radical (unpaired) electrons. The Bertz CT molecular complexity index is 493. The molecule has 0 aromatic heterocycles. The van der Waals surface area contributed by atoms with E-state index in [1.807, 2.05) is 12.1 Å². The molecule has 1 heterocycles. The zero-order chi connectivity index (χ0) is 17.4. The van der Waals surface area contributed by atoms with Gasteiger partial charge in [0.2, 0.25) is 0 Å². The van der Waals surface area contributed by atoms with Crippen molar-refractivity contribution in [1.29, 1.82) is 0 Å². The smallest absolute Gasteiger partial charge is 0.125 e. The lowest BCUT2D eigenvalue weighted by Gasteiger charge is -2.29. The highest BCUT2D eigenvalue weighted by atomic mass is 16.5. The highest BCUT2D eigenvalue weighted by molar-refractivity contribution is 5.56. The van der Waals surface area contributed by atoms with Gasteiger partial charge in [-0.05, 0) is 20.3 Å². The van der Waals surface area contributed by atoms with E-state index in [9.17, 15) is 5.11 Å². The predicted molar refractivity (Wildman–Crippen MR) is 96.3 cm³/mol. The van der Waals surface area contributed by atoms with Crippen molar-refractivity contribution >= 4 is 5.69 Å². The molecule has 1 aromatic carbocycles. The molecule has 0 unspecified atom stereocenters. The maximum absolute atomic E-state index is 9.83. The fourth-order valence-corrected chi connectivity index (χ4v) is 2.48. The van der Waals surface area contributed by atoms with Crippen LogP contribution in [0.25, 0.3) is 0 Å². The van der Waals surface area contributed by atoms with E-state index in [2.05, 4.69) is 17.9 Å². The van der Waals surface area contributed by atoms with E-state index < -0.39 is 5.60 Å². The number of aliphatic hydroxyl groups is 1. The summed E-state index contributed by atoms with van der Waals surface area (Å²) in [6, 6.07) is 6.05. The maximum atomic E-state index is 9.83. The van der Waals surface area contributed by atoms with E-state index >= 15 is 0 Å². The maximum Gasteiger partial charge on any atom is 0.125 e. The van der Waals surface area contributed by atoms with Gasteiger partial charge in [-0.25, -0.2) is 0 Å². The van der Waals surface area contributed by atoms with E-state index in [4.69, 9.17) is 14.2 Å². The van der Waals surface area contributed by atoms with E-state index in [0.29, 0.717) is 19.6 Å². The average Bonchev–Trinajstić information content (AvgIpc) is 2.55. The summed E-state index contributed by atoms with van der Waals surface area (Å²) in [5, 5.41) is 9.83. The molecule has 1 aliphatic rings. The van der Waals surface area contributed by atoms with Gasteiger partial charge in [0, 0.05) is 43.4 Å². The van der Waals surface area contributed by atoms with Gasteiger partial charge < -0.3 is 24.2 Å². The van der Waals surface area contributed by atoms with Crippen molar-refractivity contribution in [3.63, 3.8) is 0 Å². The Morgan fingerprint density at radius 3 is 2.29 bits per heavy atom. The number of nitrogens with zero attached hydrogens (tertiary/aromatic N) is 1. The minimum Gasteiger partial charge on any atom is -0.493 e. The normalized spacial score (nSPS) is 15.4. The first-order valence-corrected chi connectivity index (χ1v) is 8.94. The molecule has 1 aliphatic heterocycles. The fourth-order valence-electron chi connectivity index (χ4n) is 2.48. The van der Waals surface area contributed by atoms with Crippen LogP contribution in [0.1, 0.15) is 40.0 Å². The number of ether oxygens (including phenoxy) is 3. The molecular formula is C19H31NO4. The molecule has 0 saturated carbocycles. The number of hydrogen-bond acceptors (Lipinski definition) is 5. The molecule has 1 saturated heterocycles. The van der Waals surface area contributed by atoms with Crippen LogP contribution in [0, 0.1) is 0 Å². The van der Waals surface area contributed by atoms with Gasteiger partial charge in [-0.15, -0.1) is 0 Å². The van der Waals surface area contributed by atoms with Crippen LogP contribution in [-0.4, -0.2) is 50.2 Å². The van der Waals surface area contributed by atoms with Crippen LogP contribution in [0.4, 0.5) is 5.69 Å². The number of rotatable bonds is 9. The van der Waals surface area contributed by atoms with Crippen LogP contribution in [0.2, 0.25) is 0 Å². The second-order valence-corrected chi connectivity index (χ2v) is 6.87. The molecular weight excluding hydrogens is 306 g/mol. The number of anilines is 1. The Morgan fingerprint density at radius 1 is 1.08 bits per heavy atom. The Balaban J connectivity index is 2.07. The monoisotopic (exact) mass is 337 g/mol. The van der Waals surface area contributed by atoms with E-state index in [0.717, 1.165) is 56.3 Å². The molecule has 136 valence electrons. The second-order valence-electron chi connectivity index (χ2n) is 6.87. The Morgan fingerprint density at radius 2 is 1.71 bits per heavy atom. The quantitative estimate of drug-likeness (QED) is 0.701. The molecule has 2 rings (SSSR count). The summed E-state index contributed by atoms with van der Waals surface area (Å²) in [4.78, 5) is 2.29. The summed E-state index contributed by atoms with van der Waals surface area (Å²) in [6.07, 6.45) is 2.73. The molecule has 24 heavy (non-hydrogen) atoms. The second kappa shape index (κ2) is 9.14. The van der Waals surface area contributed by atoms with Crippen LogP contribution in [-0.2, 0) is 4.74 Å². The predicted octanol–water partition coefficient (Wildman–Crippen LogP) is 3.24. The van der Waals surface area contributed by atoms with Gasteiger partial charge in [0.05, 0.1) is 32.0 Å². The third kappa shape index (κ3) is 6.57. The van der Waals surface area contributed by atoms with E-state index in [-0.39, 0.29) is 0 Å². The molecule has 1 fully saturated rings. The molecule has 5 heteroatoms. The van der Waals surface area contributed by atoms with Crippen LogP contribution in [0.15, 0.2) is 18.2 Å². The lowest BCUT2D eigenvalue weighted by Crippen LogP contribution is -2.36. The van der Waals surface area contributed by atoms with E-state index in [1.54, 1.807) is 13.8 Å². The van der Waals surface area contributed by atoms with Crippen LogP contribution < -0.4 is 14.4 Å². The highest BCUT2D eigenvalue weighted by Gasteiger charge is 2.15. The highest BCUT2D eigenvalue weighted by Crippen LogP contribution is 2.30. The Hall–Kier alpha value is -1.46. The van der Waals surface area contributed by atoms with Crippen molar-refractivity contribution in [3.05, 3.63) is 18.2 Å². The molecule has 1 N–H and O–H groups in total. The molecule has 1 aromatic rings. The summed E-state index contributed by atoms with van der Waals surface area (Å²) < 4.78 is 17.2. The summed E-state index contributed by atoms with van der Waals surface area (Å²) in [5.74, 6) is 1.63. The Kier molecular flexibility index (Phi) is 7.18. The molecule has 5 nitrogen and oxygen atoms in total. The molecule has 0 bridgehead atoms. The van der Waals surface area contributed by atoms with Crippen molar-refractivity contribution in [2.45, 2.75) is 45.6 Å². The van der Waals surface area contributed by atoms with Gasteiger partial charge >= 0.3 is 0 Å². The third-order valence-corrected chi connectivity index (χ3v) is 3.99. The molecule has 0 atom stereocenters. The van der Waals surface area contributed by atoms with Crippen molar-refractivity contribution in [2.24, 2.45) is 0 Å². The molecule has 0 spiro atoms. The molecule has 0 aliphatic carbocycles. The first kappa shape index (κ1) is 18.9. The zero-order valence-electron chi connectivity index (χ0n) is 15.2. The van der Waals surface area contributed by atoms with Crippen LogP contribution >= 0.6 is 0 Å². The summed E-state index contributed by atoms with van der Waals surface area (Å²) in [7, 11) is 0. The zero-order valence-corrected chi connectivity index (χ0v) is 15.2. The number of benzene rings is 1. The van der Waals surface area contributed by atoms with Crippen LogP contribution in [0.3, 0.4) is 0 Å². The minimum atomic E-state index is -0.720. The van der Waals surface area contributed by atoms with Crippen LogP contribution in [0.5, 0.6) is 11.5 Å². The number of morpholine rings is 1. The first-order chi connectivity index (χ1) is 11.5. The summed E-state index contributed by atoms with van der Waals surface area (Å²) in [6.45, 7) is 10.2. The first-order valence-electron chi connectivity index (χ1n) is 8.94. The standard InChI is InChI=1S/C19H31NO4/c1-4-5-9-23-17-13-16(20-7-11-22-12-8-20)14-18(15-17)24-10-6-19(2,3)21/h13-15,21H,4-12H2,1-3H3. The van der Waals surface area contributed by atoms with Gasteiger partial charge in [-0.3, -0.25) is 0 Å². The van der Waals surface area contributed by atoms with Crippen molar-refractivity contribution < 1.29 is 19.3 Å². The van der Waals surface area contributed by atoms with Gasteiger partial charge in [-0.2, -0.15) is 0 Å². The SMILES string of the molecule is CCCCOc1cc(OCCC(C)(C)O)cc(N2CCOCC2)c1.